The molecule has 0 aliphatic rings. The van der Waals surface area contributed by atoms with Crippen molar-refractivity contribution in [1.29, 1.82) is 0 Å². The highest BCUT2D eigenvalue weighted by molar-refractivity contribution is 5.93. The lowest BCUT2D eigenvalue weighted by molar-refractivity contribution is -0.131. The monoisotopic (exact) mass is 264 g/mol. The maximum atomic E-state index is 11.3. The Morgan fingerprint density at radius 3 is 2.84 bits per heavy atom. The molecule has 0 saturated carbocycles. The Kier molecular flexibility index (Phi) is 5.53. The number of aromatic nitrogens is 1. The molecule has 0 fully saturated rings. The van der Waals surface area contributed by atoms with Crippen molar-refractivity contribution in [2.45, 2.75) is 26.5 Å². The molecule has 1 aromatic rings. The summed E-state index contributed by atoms with van der Waals surface area (Å²) in [6.07, 6.45) is 3.33. The number of amides is 1. The van der Waals surface area contributed by atoms with Crippen LogP contribution in [-0.2, 0) is 16.1 Å². The summed E-state index contributed by atoms with van der Waals surface area (Å²) < 4.78 is 5.50. The SMILES string of the molecule is CC(C)Oc1ncccc1CNC(=O)C=CC(=O)O. The number of carbonyl (C=O) groups excluding carboxylic acids is 1. The number of carboxylic acids is 1. The minimum absolute atomic E-state index is 0.0174. The predicted molar refractivity (Wildman–Crippen MR) is 68.6 cm³/mol. The zero-order valence-electron chi connectivity index (χ0n) is 10.8. The van der Waals surface area contributed by atoms with E-state index in [-0.39, 0.29) is 12.6 Å². The lowest BCUT2D eigenvalue weighted by atomic mass is 10.2. The second kappa shape index (κ2) is 7.15. The van der Waals surface area contributed by atoms with Crippen molar-refractivity contribution in [2.24, 2.45) is 0 Å². The number of carboxylic acid groups (broad SMARTS) is 1. The van der Waals surface area contributed by atoms with Gasteiger partial charge in [-0.25, -0.2) is 9.78 Å². The molecule has 0 spiro atoms. The summed E-state index contributed by atoms with van der Waals surface area (Å²) in [5.74, 6) is -1.19. The molecule has 1 amide bonds. The molecule has 0 unspecified atom stereocenters. The summed E-state index contributed by atoms with van der Waals surface area (Å²) in [5.41, 5.74) is 0.730. The summed E-state index contributed by atoms with van der Waals surface area (Å²) >= 11 is 0. The van der Waals surface area contributed by atoms with E-state index in [4.69, 9.17) is 9.84 Å². The van der Waals surface area contributed by atoms with Crippen molar-refractivity contribution in [1.82, 2.24) is 10.3 Å². The summed E-state index contributed by atoms with van der Waals surface area (Å²) in [6.45, 7) is 3.98. The fourth-order valence-electron chi connectivity index (χ4n) is 1.28. The average molecular weight is 264 g/mol. The van der Waals surface area contributed by atoms with Gasteiger partial charge in [0.2, 0.25) is 11.8 Å². The fraction of sp³-hybridized carbons (Fsp3) is 0.308. The molecular weight excluding hydrogens is 248 g/mol. The van der Waals surface area contributed by atoms with Crippen LogP contribution in [-0.4, -0.2) is 28.1 Å². The van der Waals surface area contributed by atoms with Crippen molar-refractivity contribution < 1.29 is 19.4 Å². The number of nitrogens with zero attached hydrogens (tertiary/aromatic N) is 1. The van der Waals surface area contributed by atoms with E-state index in [0.717, 1.165) is 17.7 Å². The van der Waals surface area contributed by atoms with E-state index in [1.165, 1.54) is 0 Å². The molecule has 19 heavy (non-hydrogen) atoms. The van der Waals surface area contributed by atoms with Crippen LogP contribution < -0.4 is 10.1 Å². The Morgan fingerprint density at radius 2 is 2.21 bits per heavy atom. The van der Waals surface area contributed by atoms with E-state index in [1.807, 2.05) is 13.8 Å². The fourth-order valence-corrected chi connectivity index (χ4v) is 1.28. The van der Waals surface area contributed by atoms with Crippen molar-refractivity contribution in [3.05, 3.63) is 36.0 Å². The smallest absolute Gasteiger partial charge is 0.328 e. The van der Waals surface area contributed by atoms with Crippen LogP contribution in [0.3, 0.4) is 0 Å². The third-order valence-electron chi connectivity index (χ3n) is 2.03. The van der Waals surface area contributed by atoms with Gasteiger partial charge in [0.1, 0.15) is 0 Å². The first-order valence-corrected chi connectivity index (χ1v) is 5.78. The van der Waals surface area contributed by atoms with E-state index < -0.39 is 11.9 Å². The quantitative estimate of drug-likeness (QED) is 0.752. The zero-order chi connectivity index (χ0) is 14.3. The lowest BCUT2D eigenvalue weighted by Crippen LogP contribution is -2.21. The molecule has 1 heterocycles. The van der Waals surface area contributed by atoms with Gasteiger partial charge in [-0.1, -0.05) is 6.07 Å². The number of hydrogen-bond acceptors (Lipinski definition) is 4. The van der Waals surface area contributed by atoms with E-state index in [0.29, 0.717) is 5.88 Å². The Hall–Kier alpha value is -2.37. The van der Waals surface area contributed by atoms with Crippen LogP contribution in [0.25, 0.3) is 0 Å². The van der Waals surface area contributed by atoms with Crippen LogP contribution in [0, 0.1) is 0 Å². The summed E-state index contributed by atoms with van der Waals surface area (Å²) in [5, 5.41) is 11.0. The molecule has 6 heteroatoms. The zero-order valence-corrected chi connectivity index (χ0v) is 10.8. The van der Waals surface area contributed by atoms with Gasteiger partial charge in [0.15, 0.2) is 0 Å². The predicted octanol–water partition coefficient (Wildman–Crippen LogP) is 1.13. The molecule has 1 rings (SSSR count). The van der Waals surface area contributed by atoms with Crippen LogP contribution in [0.1, 0.15) is 19.4 Å². The maximum Gasteiger partial charge on any atom is 0.328 e. The molecule has 6 nitrogen and oxygen atoms in total. The van der Waals surface area contributed by atoms with Gasteiger partial charge in [-0.05, 0) is 19.9 Å². The first kappa shape index (κ1) is 14.7. The average Bonchev–Trinajstić information content (AvgIpc) is 2.34. The number of ether oxygens (including phenoxy) is 1. The molecule has 0 radical (unpaired) electrons. The Bertz CT molecular complexity index is 483. The van der Waals surface area contributed by atoms with E-state index >= 15 is 0 Å². The highest BCUT2D eigenvalue weighted by Gasteiger charge is 2.07. The molecule has 0 aliphatic heterocycles. The first-order valence-electron chi connectivity index (χ1n) is 5.78. The largest absolute Gasteiger partial charge is 0.478 e. The van der Waals surface area contributed by atoms with Gasteiger partial charge in [-0.3, -0.25) is 4.79 Å². The molecule has 0 atom stereocenters. The third kappa shape index (κ3) is 5.67. The number of pyridine rings is 1. The van der Waals surface area contributed by atoms with Gasteiger partial charge in [-0.15, -0.1) is 0 Å². The summed E-state index contributed by atoms with van der Waals surface area (Å²) in [4.78, 5) is 25.7. The highest BCUT2D eigenvalue weighted by atomic mass is 16.5. The van der Waals surface area contributed by atoms with Crippen LogP contribution in [0.2, 0.25) is 0 Å². The second-order valence-electron chi connectivity index (χ2n) is 4.02. The molecule has 102 valence electrons. The van der Waals surface area contributed by atoms with E-state index in [1.54, 1.807) is 18.3 Å². The van der Waals surface area contributed by atoms with Crippen molar-refractivity contribution in [3.8, 4) is 5.88 Å². The second-order valence-corrected chi connectivity index (χ2v) is 4.02. The first-order chi connectivity index (χ1) is 8.99. The topological polar surface area (TPSA) is 88.5 Å². The van der Waals surface area contributed by atoms with Crippen LogP contribution >= 0.6 is 0 Å². The Labute approximate surface area is 111 Å². The molecule has 0 aromatic carbocycles. The summed E-state index contributed by atoms with van der Waals surface area (Å²) in [6, 6.07) is 3.52. The Morgan fingerprint density at radius 1 is 1.47 bits per heavy atom. The molecule has 1 aromatic heterocycles. The molecular formula is C13H16N2O4. The lowest BCUT2D eigenvalue weighted by Gasteiger charge is -2.12. The standard InChI is InChI=1S/C13H16N2O4/c1-9(2)19-13-10(4-3-7-14-13)8-15-11(16)5-6-12(17)18/h3-7,9H,8H2,1-2H3,(H,15,16)(H,17,18). The molecule has 2 N–H and O–H groups in total. The number of aliphatic carboxylic acids is 1. The van der Waals surface area contributed by atoms with Crippen LogP contribution in [0.15, 0.2) is 30.5 Å². The van der Waals surface area contributed by atoms with Crippen molar-refractivity contribution in [2.75, 3.05) is 0 Å². The number of hydrogen-bond donors (Lipinski definition) is 2. The van der Waals surface area contributed by atoms with Crippen LogP contribution in [0.4, 0.5) is 0 Å². The third-order valence-corrected chi connectivity index (χ3v) is 2.03. The van der Waals surface area contributed by atoms with Crippen LogP contribution in [0.5, 0.6) is 5.88 Å². The molecule has 0 bridgehead atoms. The summed E-state index contributed by atoms with van der Waals surface area (Å²) in [7, 11) is 0. The highest BCUT2D eigenvalue weighted by Crippen LogP contribution is 2.15. The normalized spacial score (nSPS) is 10.7. The molecule has 0 saturated heterocycles. The van der Waals surface area contributed by atoms with Gasteiger partial charge in [0, 0.05) is 30.5 Å². The molecule has 0 aliphatic carbocycles. The number of carbonyl (C=O) groups is 2. The van der Waals surface area contributed by atoms with Gasteiger partial charge in [-0.2, -0.15) is 0 Å². The van der Waals surface area contributed by atoms with Crippen molar-refractivity contribution >= 4 is 11.9 Å². The van der Waals surface area contributed by atoms with Gasteiger partial charge < -0.3 is 15.2 Å². The number of rotatable bonds is 6. The van der Waals surface area contributed by atoms with Gasteiger partial charge in [0.05, 0.1) is 6.10 Å². The van der Waals surface area contributed by atoms with Crippen molar-refractivity contribution in [3.63, 3.8) is 0 Å². The minimum Gasteiger partial charge on any atom is -0.478 e. The van der Waals surface area contributed by atoms with E-state index in [9.17, 15) is 9.59 Å². The van der Waals surface area contributed by atoms with E-state index in [2.05, 4.69) is 10.3 Å². The minimum atomic E-state index is -1.17. The van der Waals surface area contributed by atoms with Gasteiger partial charge >= 0.3 is 5.97 Å². The van der Waals surface area contributed by atoms with Gasteiger partial charge in [0.25, 0.3) is 0 Å². The Balaban J connectivity index is 2.62. The maximum absolute atomic E-state index is 11.3. The number of nitrogens with one attached hydrogen (secondary N) is 1.